The maximum Gasteiger partial charge on any atom is 0.276 e. The Balaban J connectivity index is 2.10. The highest BCUT2D eigenvalue weighted by molar-refractivity contribution is 7.07. The van der Waals surface area contributed by atoms with E-state index >= 15 is 0 Å². The third-order valence-corrected chi connectivity index (χ3v) is 3.45. The van der Waals surface area contributed by atoms with E-state index < -0.39 is 0 Å². The molecule has 19 heavy (non-hydrogen) atoms. The van der Waals surface area contributed by atoms with E-state index in [-0.39, 0.29) is 5.91 Å². The summed E-state index contributed by atoms with van der Waals surface area (Å²) in [5.74, 6) is -0.191. The average molecular weight is 279 g/mol. The zero-order valence-electron chi connectivity index (χ0n) is 11.0. The van der Waals surface area contributed by atoms with Crippen molar-refractivity contribution in [3.8, 4) is 0 Å². The van der Waals surface area contributed by atoms with E-state index in [0.29, 0.717) is 17.9 Å². The van der Waals surface area contributed by atoms with Gasteiger partial charge in [-0.25, -0.2) is 4.98 Å². The van der Waals surface area contributed by atoms with E-state index in [4.69, 9.17) is 5.73 Å². The third-order valence-electron chi connectivity index (χ3n) is 2.81. The summed E-state index contributed by atoms with van der Waals surface area (Å²) in [7, 11) is 1.72. The van der Waals surface area contributed by atoms with Gasteiger partial charge in [-0.2, -0.15) is 5.10 Å². The Hall–Kier alpha value is -1.89. The van der Waals surface area contributed by atoms with Gasteiger partial charge in [0, 0.05) is 12.4 Å². The van der Waals surface area contributed by atoms with Gasteiger partial charge in [0.25, 0.3) is 5.91 Å². The first kappa shape index (κ1) is 13.5. The molecular weight excluding hydrogens is 262 g/mol. The number of aromatic nitrogens is 3. The van der Waals surface area contributed by atoms with Crippen molar-refractivity contribution in [3.63, 3.8) is 0 Å². The number of hydrogen-bond donors (Lipinski definition) is 2. The predicted octanol–water partition coefficient (Wildman–Crippen LogP) is 1.67. The van der Waals surface area contributed by atoms with Gasteiger partial charge in [-0.15, -0.1) is 11.3 Å². The number of nitrogens with zero attached hydrogens (tertiary/aromatic N) is 3. The number of aromatic amines is 1. The number of nitrogens with one attached hydrogen (secondary N) is 1. The molecule has 0 radical (unpaired) electrons. The first-order valence-corrected chi connectivity index (χ1v) is 7.03. The van der Waals surface area contributed by atoms with E-state index in [1.54, 1.807) is 17.5 Å². The lowest BCUT2D eigenvalue weighted by Crippen LogP contribution is -2.27. The molecule has 2 rings (SSSR count). The minimum absolute atomic E-state index is 0.191. The van der Waals surface area contributed by atoms with Crippen LogP contribution in [0.3, 0.4) is 0 Å². The zero-order valence-corrected chi connectivity index (χ0v) is 11.8. The first-order valence-electron chi connectivity index (χ1n) is 6.08. The summed E-state index contributed by atoms with van der Waals surface area (Å²) in [5.41, 5.74) is 10.1. The quantitative estimate of drug-likeness (QED) is 0.871. The van der Waals surface area contributed by atoms with Crippen molar-refractivity contribution in [2.75, 3.05) is 12.8 Å². The fraction of sp³-hybridized carbons (Fsp3) is 0.417. The minimum Gasteiger partial charge on any atom is -0.395 e. The Labute approximate surface area is 115 Å². The molecule has 7 heteroatoms. The number of rotatable bonds is 5. The van der Waals surface area contributed by atoms with Crippen LogP contribution >= 0.6 is 11.3 Å². The molecule has 3 N–H and O–H groups in total. The first-order chi connectivity index (χ1) is 9.13. The second-order valence-corrected chi connectivity index (χ2v) is 5.07. The van der Waals surface area contributed by atoms with Crippen LogP contribution in [0.15, 0.2) is 10.9 Å². The number of anilines is 1. The Kier molecular flexibility index (Phi) is 4.16. The standard InChI is InChI=1S/C12H17N5OS/c1-3-4-9-10(13)11(16-15-9)12(18)17(2)5-8-6-19-7-14-8/h6-7H,3-5,13H2,1-2H3,(H,15,16). The number of carbonyl (C=O) groups is 1. The highest BCUT2D eigenvalue weighted by Gasteiger charge is 2.20. The predicted molar refractivity (Wildman–Crippen MR) is 74.9 cm³/mol. The number of hydrogen-bond acceptors (Lipinski definition) is 5. The van der Waals surface area contributed by atoms with Crippen LogP contribution in [0, 0.1) is 0 Å². The number of nitrogen functional groups attached to an aromatic ring is 1. The fourth-order valence-electron chi connectivity index (χ4n) is 1.80. The van der Waals surface area contributed by atoms with Crippen molar-refractivity contribution in [2.24, 2.45) is 0 Å². The third kappa shape index (κ3) is 2.93. The van der Waals surface area contributed by atoms with Gasteiger partial charge in [0.15, 0.2) is 5.69 Å². The highest BCUT2D eigenvalue weighted by Crippen LogP contribution is 2.17. The molecule has 0 saturated carbocycles. The van der Waals surface area contributed by atoms with Crippen LogP contribution in [0.5, 0.6) is 0 Å². The summed E-state index contributed by atoms with van der Waals surface area (Å²) in [4.78, 5) is 18.0. The SMILES string of the molecule is CCCc1[nH]nc(C(=O)N(C)Cc2cscn2)c1N. The second-order valence-electron chi connectivity index (χ2n) is 4.36. The smallest absolute Gasteiger partial charge is 0.276 e. The summed E-state index contributed by atoms with van der Waals surface area (Å²) < 4.78 is 0. The lowest BCUT2D eigenvalue weighted by atomic mass is 10.2. The Morgan fingerprint density at radius 1 is 1.58 bits per heavy atom. The zero-order chi connectivity index (χ0) is 13.8. The van der Waals surface area contributed by atoms with Crippen molar-refractivity contribution in [1.82, 2.24) is 20.1 Å². The van der Waals surface area contributed by atoms with Crippen LogP contribution in [-0.4, -0.2) is 33.0 Å². The van der Waals surface area contributed by atoms with Gasteiger partial charge in [-0.05, 0) is 6.42 Å². The van der Waals surface area contributed by atoms with Crippen LogP contribution in [-0.2, 0) is 13.0 Å². The summed E-state index contributed by atoms with van der Waals surface area (Å²) in [6.07, 6.45) is 1.75. The minimum atomic E-state index is -0.191. The van der Waals surface area contributed by atoms with Crippen molar-refractivity contribution >= 4 is 22.9 Å². The maximum atomic E-state index is 12.2. The lowest BCUT2D eigenvalue weighted by Gasteiger charge is -2.14. The van der Waals surface area contributed by atoms with E-state index in [2.05, 4.69) is 22.1 Å². The summed E-state index contributed by atoms with van der Waals surface area (Å²) in [5, 5.41) is 8.78. The van der Waals surface area contributed by atoms with Gasteiger partial charge in [0.1, 0.15) is 0 Å². The molecule has 0 fully saturated rings. The molecule has 0 saturated heterocycles. The lowest BCUT2D eigenvalue weighted by molar-refractivity contribution is 0.0779. The number of thiazole rings is 1. The van der Waals surface area contributed by atoms with Gasteiger partial charge in [0.05, 0.1) is 29.1 Å². The van der Waals surface area contributed by atoms with Gasteiger partial charge < -0.3 is 10.6 Å². The van der Waals surface area contributed by atoms with Crippen LogP contribution in [0.1, 0.15) is 35.2 Å². The molecule has 0 aliphatic rings. The fourth-order valence-corrected chi connectivity index (χ4v) is 2.35. The van der Waals surface area contributed by atoms with E-state index in [1.807, 2.05) is 5.38 Å². The molecule has 2 aromatic heterocycles. The van der Waals surface area contributed by atoms with Crippen molar-refractivity contribution in [2.45, 2.75) is 26.3 Å². The molecule has 0 unspecified atom stereocenters. The van der Waals surface area contributed by atoms with E-state index in [0.717, 1.165) is 24.2 Å². The molecule has 0 aliphatic carbocycles. The van der Waals surface area contributed by atoms with Crippen molar-refractivity contribution < 1.29 is 4.79 Å². The van der Waals surface area contributed by atoms with Crippen LogP contribution in [0.4, 0.5) is 5.69 Å². The Bertz CT molecular complexity index is 548. The highest BCUT2D eigenvalue weighted by atomic mass is 32.1. The van der Waals surface area contributed by atoms with Crippen molar-refractivity contribution in [1.29, 1.82) is 0 Å². The van der Waals surface area contributed by atoms with Crippen LogP contribution in [0.25, 0.3) is 0 Å². The second kappa shape index (κ2) is 5.83. The average Bonchev–Trinajstić information content (AvgIpc) is 3.00. The van der Waals surface area contributed by atoms with Crippen LogP contribution < -0.4 is 5.73 Å². The van der Waals surface area contributed by atoms with Gasteiger partial charge >= 0.3 is 0 Å². The number of nitrogens with two attached hydrogens (primary N) is 1. The van der Waals surface area contributed by atoms with Crippen molar-refractivity contribution in [3.05, 3.63) is 28.0 Å². The van der Waals surface area contributed by atoms with E-state index in [9.17, 15) is 4.79 Å². The van der Waals surface area contributed by atoms with E-state index in [1.165, 1.54) is 11.3 Å². The molecular formula is C12H17N5OS. The molecule has 6 nitrogen and oxygen atoms in total. The molecule has 2 heterocycles. The number of amides is 1. The summed E-state index contributed by atoms with van der Waals surface area (Å²) in [6.45, 7) is 2.51. The molecule has 102 valence electrons. The number of H-pyrrole nitrogens is 1. The molecule has 0 spiro atoms. The number of carbonyl (C=O) groups excluding carboxylic acids is 1. The Morgan fingerprint density at radius 3 is 3.00 bits per heavy atom. The molecule has 0 aliphatic heterocycles. The summed E-state index contributed by atoms with van der Waals surface area (Å²) >= 11 is 1.51. The monoisotopic (exact) mass is 279 g/mol. The van der Waals surface area contributed by atoms with Crippen LogP contribution in [0.2, 0.25) is 0 Å². The largest absolute Gasteiger partial charge is 0.395 e. The molecule has 0 aromatic carbocycles. The van der Waals surface area contributed by atoms with Gasteiger partial charge in [-0.3, -0.25) is 9.89 Å². The summed E-state index contributed by atoms with van der Waals surface area (Å²) in [6, 6.07) is 0. The normalized spacial score (nSPS) is 10.6. The maximum absolute atomic E-state index is 12.2. The van der Waals surface area contributed by atoms with Gasteiger partial charge in [-0.1, -0.05) is 13.3 Å². The molecule has 2 aromatic rings. The topological polar surface area (TPSA) is 87.9 Å². The number of aryl methyl sites for hydroxylation is 1. The van der Waals surface area contributed by atoms with Gasteiger partial charge in [0.2, 0.25) is 0 Å². The Morgan fingerprint density at radius 2 is 2.37 bits per heavy atom. The molecule has 1 amide bonds. The molecule has 0 bridgehead atoms. The molecule has 0 atom stereocenters.